The van der Waals surface area contributed by atoms with E-state index in [4.69, 9.17) is 9.47 Å². The third kappa shape index (κ3) is 6.67. The van der Waals surface area contributed by atoms with E-state index in [-0.39, 0.29) is 0 Å². The average molecular weight is 390 g/mol. The van der Waals surface area contributed by atoms with E-state index in [0.717, 1.165) is 70.2 Å². The molecule has 0 aromatic heterocycles. The van der Waals surface area contributed by atoms with Gasteiger partial charge in [0.05, 0.1) is 13.2 Å². The predicted octanol–water partition coefficient (Wildman–Crippen LogP) is 2.48. The maximum absolute atomic E-state index is 12.5. The first-order chi connectivity index (χ1) is 13.7. The van der Waals surface area contributed by atoms with E-state index < -0.39 is 0 Å². The highest BCUT2D eigenvalue weighted by molar-refractivity contribution is 5.78. The summed E-state index contributed by atoms with van der Waals surface area (Å²) < 4.78 is 11.3. The molecule has 1 amide bonds. The largest absolute Gasteiger partial charge is 0.494 e. The first kappa shape index (κ1) is 20.9. The standard InChI is InChI=1S/C22H35N3O3/c1-2-27-20-7-9-21(10-8-20)28-18-17-23-13-15-24(16-14-23)19-22(26)25-11-5-3-4-6-12-25/h7-10H,2-6,11-19H2,1H3. The van der Waals surface area contributed by atoms with Crippen molar-refractivity contribution in [2.24, 2.45) is 0 Å². The molecule has 28 heavy (non-hydrogen) atoms. The number of carbonyl (C=O) groups is 1. The highest BCUT2D eigenvalue weighted by atomic mass is 16.5. The van der Waals surface area contributed by atoms with Crippen LogP contribution in [0.4, 0.5) is 0 Å². The molecule has 156 valence electrons. The number of nitrogens with zero attached hydrogens (tertiary/aromatic N) is 3. The van der Waals surface area contributed by atoms with Gasteiger partial charge in [-0.1, -0.05) is 12.8 Å². The molecule has 0 aliphatic carbocycles. The van der Waals surface area contributed by atoms with Crippen molar-refractivity contribution >= 4 is 5.91 Å². The number of likely N-dealkylation sites (tertiary alicyclic amines) is 1. The second-order valence-corrected chi connectivity index (χ2v) is 7.67. The van der Waals surface area contributed by atoms with Crippen LogP contribution < -0.4 is 9.47 Å². The average Bonchev–Trinajstić information content (AvgIpc) is 3.00. The second kappa shape index (κ2) is 11.3. The Hall–Kier alpha value is -1.79. The summed E-state index contributed by atoms with van der Waals surface area (Å²) in [6.45, 7) is 10.7. The lowest BCUT2D eigenvalue weighted by atomic mass is 10.2. The SMILES string of the molecule is CCOc1ccc(OCCN2CCN(CC(=O)N3CCCCCC3)CC2)cc1. The summed E-state index contributed by atoms with van der Waals surface area (Å²) in [5, 5.41) is 0. The summed E-state index contributed by atoms with van der Waals surface area (Å²) in [7, 11) is 0. The van der Waals surface area contributed by atoms with Crippen molar-refractivity contribution in [3.8, 4) is 11.5 Å². The Kier molecular flexibility index (Phi) is 8.42. The van der Waals surface area contributed by atoms with Crippen LogP contribution in [0.25, 0.3) is 0 Å². The van der Waals surface area contributed by atoms with Crippen molar-refractivity contribution in [1.29, 1.82) is 0 Å². The normalized spacial score (nSPS) is 19.2. The van der Waals surface area contributed by atoms with Gasteiger partial charge in [-0.3, -0.25) is 14.6 Å². The minimum atomic E-state index is 0.314. The molecule has 6 heteroatoms. The third-order valence-corrected chi connectivity index (χ3v) is 5.59. The Morgan fingerprint density at radius 1 is 0.821 bits per heavy atom. The number of rotatable bonds is 8. The molecule has 2 fully saturated rings. The predicted molar refractivity (Wildman–Crippen MR) is 111 cm³/mol. The third-order valence-electron chi connectivity index (χ3n) is 5.59. The van der Waals surface area contributed by atoms with E-state index >= 15 is 0 Å². The van der Waals surface area contributed by atoms with Gasteiger partial charge >= 0.3 is 0 Å². The molecule has 0 saturated carbocycles. The molecule has 0 unspecified atom stereocenters. The van der Waals surface area contributed by atoms with Crippen molar-refractivity contribution < 1.29 is 14.3 Å². The van der Waals surface area contributed by atoms with Crippen molar-refractivity contribution in [1.82, 2.24) is 14.7 Å². The van der Waals surface area contributed by atoms with Gasteiger partial charge in [0.25, 0.3) is 0 Å². The lowest BCUT2D eigenvalue weighted by molar-refractivity contribution is -0.132. The van der Waals surface area contributed by atoms with Crippen LogP contribution in [-0.4, -0.2) is 86.2 Å². The molecule has 0 atom stereocenters. The van der Waals surface area contributed by atoms with Crippen LogP contribution in [0.5, 0.6) is 11.5 Å². The first-order valence-electron chi connectivity index (χ1n) is 10.8. The van der Waals surface area contributed by atoms with Gasteiger partial charge in [0.2, 0.25) is 5.91 Å². The molecule has 2 aliphatic heterocycles. The van der Waals surface area contributed by atoms with Crippen LogP contribution in [0.15, 0.2) is 24.3 Å². The second-order valence-electron chi connectivity index (χ2n) is 7.67. The van der Waals surface area contributed by atoms with Gasteiger partial charge in [-0.15, -0.1) is 0 Å². The van der Waals surface area contributed by atoms with E-state index in [9.17, 15) is 4.79 Å². The zero-order chi connectivity index (χ0) is 19.6. The lowest BCUT2D eigenvalue weighted by Crippen LogP contribution is -2.50. The van der Waals surface area contributed by atoms with Crippen molar-refractivity contribution in [2.75, 3.05) is 65.6 Å². The summed E-state index contributed by atoms with van der Waals surface area (Å²) in [5.74, 6) is 2.07. The Labute approximate surface area is 169 Å². The summed E-state index contributed by atoms with van der Waals surface area (Å²) >= 11 is 0. The molecule has 0 radical (unpaired) electrons. The van der Waals surface area contributed by atoms with Crippen LogP contribution >= 0.6 is 0 Å². The van der Waals surface area contributed by atoms with Gasteiger partial charge in [0, 0.05) is 45.8 Å². The number of benzene rings is 1. The Morgan fingerprint density at radius 2 is 1.39 bits per heavy atom. The Bertz CT molecular complexity index is 577. The van der Waals surface area contributed by atoms with Crippen LogP contribution in [-0.2, 0) is 4.79 Å². The molecule has 2 heterocycles. The van der Waals surface area contributed by atoms with Gasteiger partial charge < -0.3 is 14.4 Å². The zero-order valence-corrected chi connectivity index (χ0v) is 17.3. The molecular weight excluding hydrogens is 354 g/mol. The Balaban J connectivity index is 1.31. The van der Waals surface area contributed by atoms with Crippen LogP contribution in [0.1, 0.15) is 32.6 Å². The summed E-state index contributed by atoms with van der Waals surface area (Å²) in [4.78, 5) is 19.3. The number of carbonyl (C=O) groups excluding carboxylic acids is 1. The maximum atomic E-state index is 12.5. The smallest absolute Gasteiger partial charge is 0.236 e. The van der Waals surface area contributed by atoms with E-state index in [1.54, 1.807) is 0 Å². The Morgan fingerprint density at radius 3 is 2.00 bits per heavy atom. The molecule has 3 rings (SSSR count). The fourth-order valence-corrected chi connectivity index (χ4v) is 3.87. The molecule has 0 spiro atoms. The first-order valence-corrected chi connectivity index (χ1v) is 10.8. The van der Waals surface area contributed by atoms with Gasteiger partial charge in [-0.25, -0.2) is 0 Å². The fraction of sp³-hybridized carbons (Fsp3) is 0.682. The van der Waals surface area contributed by atoms with Gasteiger partial charge in [-0.2, -0.15) is 0 Å². The molecule has 2 aliphatic rings. The fourth-order valence-electron chi connectivity index (χ4n) is 3.87. The zero-order valence-electron chi connectivity index (χ0n) is 17.3. The van der Waals surface area contributed by atoms with Crippen molar-refractivity contribution in [3.05, 3.63) is 24.3 Å². The monoisotopic (exact) mass is 389 g/mol. The molecule has 0 bridgehead atoms. The van der Waals surface area contributed by atoms with Gasteiger partial charge in [0.1, 0.15) is 18.1 Å². The summed E-state index contributed by atoms with van der Waals surface area (Å²) in [6, 6.07) is 7.80. The maximum Gasteiger partial charge on any atom is 0.236 e. The molecule has 1 aromatic carbocycles. The molecule has 0 N–H and O–H groups in total. The van der Waals surface area contributed by atoms with Crippen molar-refractivity contribution in [2.45, 2.75) is 32.6 Å². The van der Waals surface area contributed by atoms with E-state index in [2.05, 4.69) is 14.7 Å². The van der Waals surface area contributed by atoms with Crippen molar-refractivity contribution in [3.63, 3.8) is 0 Å². The van der Waals surface area contributed by atoms with E-state index in [0.29, 0.717) is 25.7 Å². The number of ether oxygens (including phenoxy) is 2. The molecule has 2 saturated heterocycles. The lowest BCUT2D eigenvalue weighted by Gasteiger charge is -2.35. The molecular formula is C22H35N3O3. The number of hydrogen-bond donors (Lipinski definition) is 0. The number of piperazine rings is 1. The van der Waals surface area contributed by atoms with Crippen LogP contribution in [0.2, 0.25) is 0 Å². The topological polar surface area (TPSA) is 45.3 Å². The van der Waals surface area contributed by atoms with E-state index in [1.165, 1.54) is 12.8 Å². The number of hydrogen-bond acceptors (Lipinski definition) is 5. The minimum absolute atomic E-state index is 0.314. The highest BCUT2D eigenvalue weighted by Gasteiger charge is 2.22. The minimum Gasteiger partial charge on any atom is -0.494 e. The summed E-state index contributed by atoms with van der Waals surface area (Å²) in [5.41, 5.74) is 0. The van der Waals surface area contributed by atoms with Crippen LogP contribution in [0.3, 0.4) is 0 Å². The van der Waals surface area contributed by atoms with Gasteiger partial charge in [0.15, 0.2) is 0 Å². The summed E-state index contributed by atoms with van der Waals surface area (Å²) in [6.07, 6.45) is 4.85. The van der Waals surface area contributed by atoms with Gasteiger partial charge in [-0.05, 0) is 44.0 Å². The van der Waals surface area contributed by atoms with Crippen LogP contribution in [0, 0.1) is 0 Å². The molecule has 6 nitrogen and oxygen atoms in total. The molecule has 1 aromatic rings. The highest BCUT2D eigenvalue weighted by Crippen LogP contribution is 2.17. The quantitative estimate of drug-likeness (QED) is 0.684. The van der Waals surface area contributed by atoms with E-state index in [1.807, 2.05) is 31.2 Å². The number of amides is 1.